The molecule has 3 N–H and O–H groups in total. The van der Waals surface area contributed by atoms with Crippen molar-refractivity contribution in [1.82, 2.24) is 4.98 Å². The minimum atomic E-state index is -0.685. The van der Waals surface area contributed by atoms with Crippen LogP contribution in [0, 0.1) is 12.7 Å². The number of aliphatic imine (C=N–C) groups is 1. The van der Waals surface area contributed by atoms with Crippen LogP contribution in [0.15, 0.2) is 83.9 Å². The summed E-state index contributed by atoms with van der Waals surface area (Å²) in [6.07, 6.45) is 4.55. The summed E-state index contributed by atoms with van der Waals surface area (Å²) < 4.78 is 35.3. The molecule has 178 valence electrons. The molecule has 4 rings (SSSR count). The van der Waals surface area contributed by atoms with Gasteiger partial charge in [-0.2, -0.15) is 0 Å². The molecule has 7 heteroatoms. The molecule has 1 aromatic heterocycles. The first-order valence-electron chi connectivity index (χ1n) is 11.2. The number of aromatic nitrogens is 1. The Hall–Kier alpha value is -4.26. The number of H-pyrrole nitrogens is 1. The first-order valence-corrected chi connectivity index (χ1v) is 11.2. The van der Waals surface area contributed by atoms with Crippen LogP contribution in [0.1, 0.15) is 28.7 Å². The summed E-state index contributed by atoms with van der Waals surface area (Å²) in [6, 6.07) is 17.5. The van der Waals surface area contributed by atoms with E-state index in [2.05, 4.69) is 9.98 Å². The number of benzene rings is 3. The lowest BCUT2D eigenvalue weighted by Crippen LogP contribution is -2.05. The number of fused-ring (bicyclic) bond motifs is 1. The molecule has 0 aliphatic rings. The van der Waals surface area contributed by atoms with E-state index in [1.807, 2.05) is 30.3 Å². The smallest absolute Gasteiger partial charge is 0.168 e. The Balaban J connectivity index is 1.63. The Morgan fingerprint density at radius 3 is 2.71 bits per heavy atom. The molecule has 0 saturated carbocycles. The molecule has 0 atom stereocenters. The molecule has 0 aliphatic heterocycles. The van der Waals surface area contributed by atoms with Crippen LogP contribution in [-0.4, -0.2) is 17.0 Å². The molecule has 3 aromatic carbocycles. The maximum Gasteiger partial charge on any atom is 0.168 e. The summed E-state index contributed by atoms with van der Waals surface area (Å²) in [4.78, 5) is 18.1. The normalized spacial score (nSPS) is 12.2. The molecule has 0 spiro atoms. The van der Waals surface area contributed by atoms with Crippen molar-refractivity contribution in [3.05, 3.63) is 107 Å². The van der Waals surface area contributed by atoms with Gasteiger partial charge in [0.05, 0.1) is 6.54 Å². The number of aryl methyl sites for hydroxylation is 2. The van der Waals surface area contributed by atoms with Crippen LogP contribution in [0.4, 0.5) is 8.78 Å². The number of allylic oxidation sites excluding steroid dienone is 1. The second-order valence-electron chi connectivity index (χ2n) is 8.09. The van der Waals surface area contributed by atoms with Gasteiger partial charge in [0.2, 0.25) is 0 Å². The van der Waals surface area contributed by atoms with Gasteiger partial charge in [0, 0.05) is 46.9 Å². The number of hydrogen-bond donors (Lipinski definition) is 2. The Bertz CT molecular complexity index is 1420. The monoisotopic (exact) mass is 473 g/mol. The molecule has 0 bridgehead atoms. The standard InChI is InChI=1S/C28H25F2N3O2/c1-18-23-10-11-32-26(23)15-24(29)28(18)35-22-9-3-8-21(14-22)27(25(30)16-31)33-17-20-6-2-5-19(13-20)7-4-12-34/h2-3,5-6,8-16,32H,4,7,17,31H2,1H3/b25-16+,33-27?. The number of nitrogens with two attached hydrogens (primary N) is 1. The van der Waals surface area contributed by atoms with Crippen LogP contribution in [0.25, 0.3) is 10.9 Å². The number of halogens is 2. The second-order valence-corrected chi connectivity index (χ2v) is 8.09. The fraction of sp³-hybridized carbons (Fsp3) is 0.143. The van der Waals surface area contributed by atoms with Gasteiger partial charge in [-0.1, -0.05) is 36.4 Å². The van der Waals surface area contributed by atoms with Gasteiger partial charge in [-0.15, -0.1) is 0 Å². The highest BCUT2D eigenvalue weighted by molar-refractivity contribution is 6.11. The fourth-order valence-electron chi connectivity index (χ4n) is 3.94. The van der Waals surface area contributed by atoms with Gasteiger partial charge in [-0.25, -0.2) is 8.78 Å². The van der Waals surface area contributed by atoms with E-state index in [4.69, 9.17) is 10.5 Å². The lowest BCUT2D eigenvalue weighted by atomic mass is 10.1. The molecule has 35 heavy (non-hydrogen) atoms. The van der Waals surface area contributed by atoms with E-state index in [1.54, 1.807) is 37.4 Å². The van der Waals surface area contributed by atoms with Crippen molar-refractivity contribution in [1.29, 1.82) is 0 Å². The lowest BCUT2D eigenvalue weighted by Gasteiger charge is -2.13. The minimum Gasteiger partial charge on any atom is -0.454 e. The third-order valence-electron chi connectivity index (χ3n) is 5.67. The van der Waals surface area contributed by atoms with Crippen molar-refractivity contribution >= 4 is 22.9 Å². The summed E-state index contributed by atoms with van der Waals surface area (Å²) in [5, 5.41) is 0.854. The van der Waals surface area contributed by atoms with Crippen molar-refractivity contribution < 1.29 is 18.3 Å². The molecular weight excluding hydrogens is 448 g/mol. The largest absolute Gasteiger partial charge is 0.454 e. The van der Waals surface area contributed by atoms with Gasteiger partial charge in [-0.3, -0.25) is 4.99 Å². The molecule has 1 heterocycles. The number of aldehydes is 1. The van der Waals surface area contributed by atoms with Gasteiger partial charge < -0.3 is 20.2 Å². The van der Waals surface area contributed by atoms with Crippen LogP contribution in [0.3, 0.4) is 0 Å². The van der Waals surface area contributed by atoms with E-state index < -0.39 is 11.6 Å². The van der Waals surface area contributed by atoms with E-state index in [0.29, 0.717) is 35.2 Å². The second kappa shape index (κ2) is 10.8. The molecule has 0 radical (unpaired) electrons. The van der Waals surface area contributed by atoms with Crippen molar-refractivity contribution in [2.75, 3.05) is 0 Å². The number of nitrogens with zero attached hydrogens (tertiary/aromatic N) is 1. The van der Waals surface area contributed by atoms with Gasteiger partial charge in [-0.05, 0) is 42.7 Å². The number of carbonyl (C=O) groups excluding carboxylic acids is 1. The molecule has 0 aliphatic carbocycles. The van der Waals surface area contributed by atoms with Crippen LogP contribution in [-0.2, 0) is 17.8 Å². The van der Waals surface area contributed by atoms with Gasteiger partial charge in [0.25, 0.3) is 0 Å². The van der Waals surface area contributed by atoms with Gasteiger partial charge in [0.1, 0.15) is 17.7 Å². The van der Waals surface area contributed by atoms with Gasteiger partial charge in [0.15, 0.2) is 17.4 Å². The lowest BCUT2D eigenvalue weighted by molar-refractivity contribution is -0.107. The van der Waals surface area contributed by atoms with E-state index >= 15 is 0 Å². The maximum atomic E-state index is 14.7. The van der Waals surface area contributed by atoms with E-state index in [-0.39, 0.29) is 18.0 Å². The quantitative estimate of drug-likeness (QED) is 0.221. The zero-order valence-corrected chi connectivity index (χ0v) is 19.2. The summed E-state index contributed by atoms with van der Waals surface area (Å²) >= 11 is 0. The predicted molar refractivity (Wildman–Crippen MR) is 134 cm³/mol. The molecule has 0 amide bonds. The maximum absolute atomic E-state index is 14.7. The average molecular weight is 474 g/mol. The molecule has 0 saturated heterocycles. The fourth-order valence-corrected chi connectivity index (χ4v) is 3.94. The number of nitrogens with one attached hydrogen (secondary N) is 1. The SMILES string of the molecule is Cc1c(Oc2cccc(C(=NCc3cccc(CCC=O)c3)/C(F)=C\N)c2)c(F)cc2[nH]ccc12. The van der Waals surface area contributed by atoms with E-state index in [0.717, 1.165) is 29.0 Å². The average Bonchev–Trinajstić information content (AvgIpc) is 3.34. The third-order valence-corrected chi connectivity index (χ3v) is 5.67. The Labute approximate surface area is 202 Å². The predicted octanol–water partition coefficient (Wildman–Crippen LogP) is 6.30. The number of carbonyl (C=O) groups is 1. The molecule has 4 aromatic rings. The summed E-state index contributed by atoms with van der Waals surface area (Å²) in [6.45, 7) is 2.00. The minimum absolute atomic E-state index is 0.0644. The Morgan fingerprint density at radius 2 is 1.91 bits per heavy atom. The van der Waals surface area contributed by atoms with Gasteiger partial charge >= 0.3 is 0 Å². The Kier molecular flexibility index (Phi) is 7.35. The topological polar surface area (TPSA) is 80.5 Å². The van der Waals surface area contributed by atoms with Crippen LogP contribution < -0.4 is 10.5 Å². The highest BCUT2D eigenvalue weighted by Crippen LogP contribution is 2.34. The third kappa shape index (κ3) is 5.46. The number of hydrogen-bond acceptors (Lipinski definition) is 4. The first-order chi connectivity index (χ1) is 17.0. The number of rotatable bonds is 9. The van der Waals surface area contributed by atoms with Crippen LogP contribution >= 0.6 is 0 Å². The van der Waals surface area contributed by atoms with Crippen LogP contribution in [0.2, 0.25) is 0 Å². The van der Waals surface area contributed by atoms with Crippen molar-refractivity contribution in [3.8, 4) is 11.5 Å². The van der Waals surface area contributed by atoms with Crippen molar-refractivity contribution in [2.45, 2.75) is 26.3 Å². The molecule has 0 fully saturated rings. The summed E-state index contributed by atoms with van der Waals surface area (Å²) in [5.74, 6) is -0.739. The summed E-state index contributed by atoms with van der Waals surface area (Å²) in [7, 11) is 0. The Morgan fingerprint density at radius 1 is 1.11 bits per heavy atom. The highest BCUT2D eigenvalue weighted by Gasteiger charge is 2.15. The van der Waals surface area contributed by atoms with E-state index in [9.17, 15) is 13.6 Å². The molecule has 5 nitrogen and oxygen atoms in total. The molecule has 0 unspecified atom stereocenters. The zero-order valence-electron chi connectivity index (χ0n) is 19.2. The van der Waals surface area contributed by atoms with Crippen molar-refractivity contribution in [3.63, 3.8) is 0 Å². The molecular formula is C28H25F2N3O2. The summed E-state index contributed by atoms with van der Waals surface area (Å²) in [5.41, 5.74) is 9.20. The van der Waals surface area contributed by atoms with Crippen molar-refractivity contribution in [2.24, 2.45) is 10.7 Å². The zero-order chi connectivity index (χ0) is 24.8. The number of aromatic amines is 1. The highest BCUT2D eigenvalue weighted by atomic mass is 19.1. The first kappa shape index (κ1) is 23.9. The van der Waals surface area contributed by atoms with Crippen LogP contribution in [0.5, 0.6) is 11.5 Å². The number of ether oxygens (including phenoxy) is 1. The van der Waals surface area contributed by atoms with E-state index in [1.165, 1.54) is 6.07 Å².